The van der Waals surface area contributed by atoms with Crippen molar-refractivity contribution in [3.8, 4) is 5.75 Å². The molecule has 0 saturated carbocycles. The summed E-state index contributed by atoms with van der Waals surface area (Å²) in [7, 11) is 0. The summed E-state index contributed by atoms with van der Waals surface area (Å²) < 4.78 is 12.2. The van der Waals surface area contributed by atoms with E-state index in [0.717, 1.165) is 28.9 Å². The van der Waals surface area contributed by atoms with Gasteiger partial charge in [0.25, 0.3) is 0 Å². The normalized spacial score (nSPS) is 20.8. The van der Waals surface area contributed by atoms with Gasteiger partial charge in [0.05, 0.1) is 25.9 Å². The topological polar surface area (TPSA) is 30.5 Å². The van der Waals surface area contributed by atoms with Gasteiger partial charge in [0.15, 0.2) is 0 Å². The van der Waals surface area contributed by atoms with Crippen LogP contribution in [0.25, 0.3) is 0 Å². The van der Waals surface area contributed by atoms with E-state index in [1.807, 2.05) is 19.1 Å². The zero-order valence-electron chi connectivity index (χ0n) is 9.33. The number of benzene rings is 1. The Balaban J connectivity index is 2.24. The third-order valence-corrected chi connectivity index (χ3v) is 3.06. The van der Waals surface area contributed by atoms with Crippen LogP contribution in [0.2, 0.25) is 0 Å². The lowest BCUT2D eigenvalue weighted by Crippen LogP contribution is -2.34. The largest absolute Gasteiger partial charge is 0.494 e. The van der Waals surface area contributed by atoms with Crippen LogP contribution in [-0.2, 0) is 4.74 Å². The molecular weight excluding hydrogens is 270 g/mol. The van der Waals surface area contributed by atoms with E-state index in [1.165, 1.54) is 0 Å². The molecule has 1 saturated heterocycles. The van der Waals surface area contributed by atoms with Crippen molar-refractivity contribution in [2.75, 3.05) is 26.4 Å². The number of rotatable bonds is 3. The molecule has 4 heteroatoms. The SMILES string of the molecule is CCOc1ccc(Br)cc1[C@H]1COCCN1. The third kappa shape index (κ3) is 2.75. The molecule has 1 N–H and O–H groups in total. The molecule has 3 nitrogen and oxygen atoms in total. The molecule has 0 aliphatic carbocycles. The molecule has 0 unspecified atom stereocenters. The monoisotopic (exact) mass is 285 g/mol. The van der Waals surface area contributed by atoms with Crippen molar-refractivity contribution >= 4 is 15.9 Å². The van der Waals surface area contributed by atoms with Gasteiger partial charge in [0.1, 0.15) is 5.75 Å². The molecule has 0 amide bonds. The van der Waals surface area contributed by atoms with Crippen LogP contribution >= 0.6 is 15.9 Å². The molecule has 1 aromatic rings. The Labute approximate surface area is 104 Å². The van der Waals surface area contributed by atoms with Gasteiger partial charge < -0.3 is 14.8 Å². The maximum Gasteiger partial charge on any atom is 0.124 e. The van der Waals surface area contributed by atoms with Gasteiger partial charge in [-0.05, 0) is 25.1 Å². The Morgan fingerprint density at radius 3 is 3.12 bits per heavy atom. The van der Waals surface area contributed by atoms with E-state index in [4.69, 9.17) is 9.47 Å². The van der Waals surface area contributed by atoms with E-state index in [0.29, 0.717) is 13.2 Å². The van der Waals surface area contributed by atoms with E-state index in [-0.39, 0.29) is 6.04 Å². The minimum absolute atomic E-state index is 0.229. The van der Waals surface area contributed by atoms with E-state index in [1.54, 1.807) is 0 Å². The molecular formula is C12H16BrNO2. The quantitative estimate of drug-likeness (QED) is 0.926. The highest BCUT2D eigenvalue weighted by molar-refractivity contribution is 9.10. The average Bonchev–Trinajstić information content (AvgIpc) is 2.33. The van der Waals surface area contributed by atoms with Crippen LogP contribution in [-0.4, -0.2) is 26.4 Å². The molecule has 0 radical (unpaired) electrons. The zero-order chi connectivity index (χ0) is 11.4. The average molecular weight is 286 g/mol. The lowest BCUT2D eigenvalue weighted by atomic mass is 10.1. The number of ether oxygens (including phenoxy) is 2. The summed E-state index contributed by atoms with van der Waals surface area (Å²) in [6.45, 7) is 5.06. The maximum absolute atomic E-state index is 5.63. The summed E-state index contributed by atoms with van der Waals surface area (Å²) in [6.07, 6.45) is 0. The molecule has 1 heterocycles. The van der Waals surface area contributed by atoms with Crippen LogP contribution in [0.5, 0.6) is 5.75 Å². The first-order chi connectivity index (χ1) is 7.81. The van der Waals surface area contributed by atoms with Crippen molar-refractivity contribution in [3.63, 3.8) is 0 Å². The lowest BCUT2D eigenvalue weighted by Gasteiger charge is -2.26. The van der Waals surface area contributed by atoms with E-state index >= 15 is 0 Å². The van der Waals surface area contributed by atoms with Crippen molar-refractivity contribution < 1.29 is 9.47 Å². The molecule has 0 spiro atoms. The fourth-order valence-electron chi connectivity index (χ4n) is 1.84. The Bertz CT molecular complexity index is 351. The highest BCUT2D eigenvalue weighted by Crippen LogP contribution is 2.29. The molecule has 16 heavy (non-hydrogen) atoms. The summed E-state index contributed by atoms with van der Waals surface area (Å²) >= 11 is 3.49. The molecule has 1 atom stereocenters. The van der Waals surface area contributed by atoms with Crippen molar-refractivity contribution in [2.24, 2.45) is 0 Å². The van der Waals surface area contributed by atoms with Crippen molar-refractivity contribution in [2.45, 2.75) is 13.0 Å². The van der Waals surface area contributed by atoms with Gasteiger partial charge >= 0.3 is 0 Å². The summed E-state index contributed by atoms with van der Waals surface area (Å²) in [5, 5.41) is 3.44. The van der Waals surface area contributed by atoms with Crippen LogP contribution in [0.1, 0.15) is 18.5 Å². The number of halogens is 1. The van der Waals surface area contributed by atoms with Gasteiger partial charge in [0.2, 0.25) is 0 Å². The fourth-order valence-corrected chi connectivity index (χ4v) is 2.22. The first-order valence-electron chi connectivity index (χ1n) is 5.54. The highest BCUT2D eigenvalue weighted by atomic mass is 79.9. The molecule has 1 aliphatic heterocycles. The van der Waals surface area contributed by atoms with Gasteiger partial charge in [-0.2, -0.15) is 0 Å². The summed E-state index contributed by atoms with van der Waals surface area (Å²) in [5.74, 6) is 0.939. The molecule has 88 valence electrons. The van der Waals surface area contributed by atoms with Gasteiger partial charge in [-0.3, -0.25) is 0 Å². The van der Waals surface area contributed by atoms with Crippen LogP contribution in [0.3, 0.4) is 0 Å². The van der Waals surface area contributed by atoms with Crippen LogP contribution in [0.4, 0.5) is 0 Å². The second-order valence-corrected chi connectivity index (χ2v) is 4.61. The van der Waals surface area contributed by atoms with E-state index < -0.39 is 0 Å². The van der Waals surface area contributed by atoms with Crippen LogP contribution < -0.4 is 10.1 Å². The molecule has 2 rings (SSSR count). The Hall–Kier alpha value is -0.580. The molecule has 0 bridgehead atoms. The van der Waals surface area contributed by atoms with Crippen molar-refractivity contribution in [1.29, 1.82) is 0 Å². The predicted molar refractivity (Wildman–Crippen MR) is 66.9 cm³/mol. The van der Waals surface area contributed by atoms with Crippen LogP contribution in [0, 0.1) is 0 Å². The van der Waals surface area contributed by atoms with Crippen molar-refractivity contribution in [3.05, 3.63) is 28.2 Å². The number of morpholine rings is 1. The third-order valence-electron chi connectivity index (χ3n) is 2.57. The van der Waals surface area contributed by atoms with E-state index in [2.05, 4.69) is 27.3 Å². The number of hydrogen-bond acceptors (Lipinski definition) is 3. The molecule has 0 aromatic heterocycles. The molecule has 1 fully saturated rings. The Kier molecular flexibility index (Phi) is 4.21. The van der Waals surface area contributed by atoms with Gasteiger partial charge in [-0.25, -0.2) is 0 Å². The summed E-state index contributed by atoms with van der Waals surface area (Å²) in [4.78, 5) is 0. The van der Waals surface area contributed by atoms with Gasteiger partial charge in [0, 0.05) is 16.6 Å². The Morgan fingerprint density at radius 2 is 2.44 bits per heavy atom. The summed E-state index contributed by atoms with van der Waals surface area (Å²) in [5.41, 5.74) is 1.16. The molecule has 1 aromatic carbocycles. The second-order valence-electron chi connectivity index (χ2n) is 3.70. The minimum atomic E-state index is 0.229. The zero-order valence-corrected chi connectivity index (χ0v) is 10.9. The second kappa shape index (κ2) is 5.66. The smallest absolute Gasteiger partial charge is 0.124 e. The Morgan fingerprint density at radius 1 is 1.56 bits per heavy atom. The van der Waals surface area contributed by atoms with Crippen LogP contribution in [0.15, 0.2) is 22.7 Å². The van der Waals surface area contributed by atoms with Gasteiger partial charge in [-0.1, -0.05) is 15.9 Å². The standard InChI is InChI=1S/C12H16BrNO2/c1-2-16-12-4-3-9(13)7-10(12)11-8-15-6-5-14-11/h3-4,7,11,14H,2,5-6,8H2,1H3/t11-/m1/s1. The first kappa shape index (κ1) is 11.9. The first-order valence-corrected chi connectivity index (χ1v) is 6.34. The highest BCUT2D eigenvalue weighted by Gasteiger charge is 2.19. The minimum Gasteiger partial charge on any atom is -0.494 e. The summed E-state index contributed by atoms with van der Waals surface area (Å²) in [6, 6.07) is 6.32. The lowest BCUT2D eigenvalue weighted by molar-refractivity contribution is 0.0758. The van der Waals surface area contributed by atoms with Gasteiger partial charge in [-0.15, -0.1) is 0 Å². The van der Waals surface area contributed by atoms with Crippen molar-refractivity contribution in [1.82, 2.24) is 5.32 Å². The maximum atomic E-state index is 5.63. The van der Waals surface area contributed by atoms with E-state index in [9.17, 15) is 0 Å². The molecule has 1 aliphatic rings. The fraction of sp³-hybridized carbons (Fsp3) is 0.500. The number of hydrogen-bond donors (Lipinski definition) is 1. The predicted octanol–water partition coefficient (Wildman–Crippen LogP) is 2.51. The number of nitrogens with one attached hydrogen (secondary N) is 1.